The van der Waals surface area contributed by atoms with Crippen LogP contribution in [-0.2, 0) is 6.54 Å². The molecular formula is C11H14N2. The van der Waals surface area contributed by atoms with E-state index >= 15 is 0 Å². The fourth-order valence-corrected chi connectivity index (χ4v) is 2.19. The first kappa shape index (κ1) is 7.39. The Hall–Kier alpha value is -1.02. The summed E-state index contributed by atoms with van der Waals surface area (Å²) < 4.78 is 0. The fourth-order valence-electron chi connectivity index (χ4n) is 2.19. The predicted octanol–water partition coefficient (Wildman–Crippen LogP) is 2.08. The second-order valence-electron chi connectivity index (χ2n) is 4.07. The minimum absolute atomic E-state index is 0.244. The van der Waals surface area contributed by atoms with Crippen LogP contribution < -0.4 is 10.6 Å². The molecule has 1 saturated carbocycles. The van der Waals surface area contributed by atoms with Crippen molar-refractivity contribution >= 4 is 5.69 Å². The van der Waals surface area contributed by atoms with Crippen molar-refractivity contribution in [2.75, 3.05) is 5.32 Å². The van der Waals surface area contributed by atoms with Crippen LogP contribution in [0.2, 0.25) is 0 Å². The first-order valence-electron chi connectivity index (χ1n) is 4.99. The molecule has 2 N–H and O–H groups in total. The van der Waals surface area contributed by atoms with Crippen molar-refractivity contribution in [1.29, 1.82) is 0 Å². The molecule has 1 aliphatic carbocycles. The Balaban J connectivity index is 1.94. The molecule has 1 fully saturated rings. The van der Waals surface area contributed by atoms with Crippen molar-refractivity contribution in [1.82, 2.24) is 5.32 Å². The molecular weight excluding hydrogens is 160 g/mol. The van der Waals surface area contributed by atoms with Crippen LogP contribution in [0, 0.1) is 0 Å². The lowest BCUT2D eigenvalue weighted by Crippen LogP contribution is -2.58. The largest absolute Gasteiger partial charge is 0.367 e. The summed E-state index contributed by atoms with van der Waals surface area (Å²) in [5.74, 6) is 0. The number of benzene rings is 1. The predicted molar refractivity (Wildman–Crippen MR) is 53.5 cm³/mol. The molecule has 1 aromatic carbocycles. The summed E-state index contributed by atoms with van der Waals surface area (Å²) in [5, 5.41) is 7.18. The average Bonchev–Trinajstić information content (AvgIpc) is 2.15. The molecule has 68 valence electrons. The Morgan fingerprint density at radius 2 is 2.00 bits per heavy atom. The molecule has 0 radical (unpaired) electrons. The Labute approximate surface area is 78.3 Å². The van der Waals surface area contributed by atoms with Crippen LogP contribution in [0.25, 0.3) is 0 Å². The van der Waals surface area contributed by atoms with E-state index in [4.69, 9.17) is 0 Å². The second-order valence-corrected chi connectivity index (χ2v) is 4.07. The van der Waals surface area contributed by atoms with Gasteiger partial charge in [0.15, 0.2) is 0 Å². The van der Waals surface area contributed by atoms with Crippen LogP contribution in [0.3, 0.4) is 0 Å². The molecule has 0 aromatic heterocycles. The van der Waals surface area contributed by atoms with Gasteiger partial charge in [0.25, 0.3) is 0 Å². The van der Waals surface area contributed by atoms with E-state index in [9.17, 15) is 0 Å². The molecule has 1 spiro atoms. The highest BCUT2D eigenvalue weighted by molar-refractivity contribution is 5.55. The molecule has 0 unspecified atom stereocenters. The van der Waals surface area contributed by atoms with Crippen molar-refractivity contribution in [2.45, 2.75) is 31.5 Å². The SMILES string of the molecule is c1ccc2c(c1)CNC1(CCC1)N2. The molecule has 1 heterocycles. The Morgan fingerprint density at radius 3 is 2.77 bits per heavy atom. The van der Waals surface area contributed by atoms with E-state index in [0.29, 0.717) is 0 Å². The van der Waals surface area contributed by atoms with E-state index < -0.39 is 0 Å². The zero-order chi connectivity index (χ0) is 8.73. The summed E-state index contributed by atoms with van der Waals surface area (Å²) in [5.41, 5.74) is 2.95. The van der Waals surface area contributed by atoms with Crippen molar-refractivity contribution < 1.29 is 0 Å². The van der Waals surface area contributed by atoms with Crippen molar-refractivity contribution in [3.05, 3.63) is 29.8 Å². The van der Waals surface area contributed by atoms with E-state index in [0.717, 1.165) is 6.54 Å². The fraction of sp³-hybridized carbons (Fsp3) is 0.455. The number of nitrogens with one attached hydrogen (secondary N) is 2. The highest BCUT2D eigenvalue weighted by Gasteiger charge is 2.38. The number of rotatable bonds is 0. The highest BCUT2D eigenvalue weighted by atomic mass is 15.2. The molecule has 2 nitrogen and oxygen atoms in total. The molecule has 0 bridgehead atoms. The molecule has 0 atom stereocenters. The van der Waals surface area contributed by atoms with Crippen LogP contribution in [-0.4, -0.2) is 5.66 Å². The smallest absolute Gasteiger partial charge is 0.0884 e. The molecule has 13 heavy (non-hydrogen) atoms. The van der Waals surface area contributed by atoms with Crippen molar-refractivity contribution in [2.24, 2.45) is 0 Å². The van der Waals surface area contributed by atoms with Gasteiger partial charge in [-0.1, -0.05) is 18.2 Å². The molecule has 2 aliphatic rings. The molecule has 2 heteroatoms. The van der Waals surface area contributed by atoms with Gasteiger partial charge in [0, 0.05) is 12.2 Å². The topological polar surface area (TPSA) is 24.1 Å². The van der Waals surface area contributed by atoms with Crippen LogP contribution in [0.1, 0.15) is 24.8 Å². The van der Waals surface area contributed by atoms with Gasteiger partial charge in [-0.05, 0) is 30.9 Å². The van der Waals surface area contributed by atoms with E-state index in [1.807, 2.05) is 0 Å². The Kier molecular flexibility index (Phi) is 1.41. The van der Waals surface area contributed by atoms with Gasteiger partial charge in [0.2, 0.25) is 0 Å². The lowest BCUT2D eigenvalue weighted by Gasteiger charge is -2.47. The Morgan fingerprint density at radius 1 is 1.15 bits per heavy atom. The molecule has 0 amide bonds. The number of hydrogen-bond acceptors (Lipinski definition) is 2. The summed E-state index contributed by atoms with van der Waals surface area (Å²) >= 11 is 0. The summed E-state index contributed by atoms with van der Waals surface area (Å²) in [7, 11) is 0. The van der Waals surface area contributed by atoms with Gasteiger partial charge in [-0.3, -0.25) is 5.32 Å². The third-order valence-electron chi connectivity index (χ3n) is 3.22. The summed E-state index contributed by atoms with van der Waals surface area (Å²) in [6.07, 6.45) is 3.88. The monoisotopic (exact) mass is 174 g/mol. The molecule has 0 saturated heterocycles. The first-order valence-corrected chi connectivity index (χ1v) is 4.99. The van der Waals surface area contributed by atoms with E-state index in [-0.39, 0.29) is 5.66 Å². The van der Waals surface area contributed by atoms with Crippen molar-refractivity contribution in [3.63, 3.8) is 0 Å². The van der Waals surface area contributed by atoms with Crippen molar-refractivity contribution in [3.8, 4) is 0 Å². The Bertz CT molecular complexity index is 329. The maximum absolute atomic E-state index is 3.60. The lowest BCUT2D eigenvalue weighted by molar-refractivity contribution is 0.211. The molecule has 3 rings (SSSR count). The minimum Gasteiger partial charge on any atom is -0.367 e. The number of hydrogen-bond donors (Lipinski definition) is 2. The van der Waals surface area contributed by atoms with Crippen LogP contribution in [0.4, 0.5) is 5.69 Å². The van der Waals surface area contributed by atoms with Crippen LogP contribution >= 0.6 is 0 Å². The van der Waals surface area contributed by atoms with Gasteiger partial charge in [0.05, 0.1) is 5.66 Å². The molecule has 1 aromatic rings. The zero-order valence-electron chi connectivity index (χ0n) is 7.64. The van der Waals surface area contributed by atoms with Gasteiger partial charge < -0.3 is 5.32 Å². The third-order valence-corrected chi connectivity index (χ3v) is 3.22. The zero-order valence-corrected chi connectivity index (χ0v) is 7.64. The van der Waals surface area contributed by atoms with E-state index in [1.54, 1.807) is 0 Å². The highest BCUT2D eigenvalue weighted by Crippen LogP contribution is 2.36. The van der Waals surface area contributed by atoms with Gasteiger partial charge in [-0.25, -0.2) is 0 Å². The van der Waals surface area contributed by atoms with E-state index in [1.165, 1.54) is 30.5 Å². The normalized spacial score (nSPS) is 23.1. The number of anilines is 1. The van der Waals surface area contributed by atoms with Crippen LogP contribution in [0.15, 0.2) is 24.3 Å². The first-order chi connectivity index (χ1) is 6.38. The quantitative estimate of drug-likeness (QED) is 0.629. The summed E-state index contributed by atoms with van der Waals surface area (Å²) in [6, 6.07) is 8.56. The van der Waals surface area contributed by atoms with Gasteiger partial charge in [0.1, 0.15) is 0 Å². The maximum Gasteiger partial charge on any atom is 0.0884 e. The van der Waals surface area contributed by atoms with Gasteiger partial charge >= 0.3 is 0 Å². The number of para-hydroxylation sites is 1. The van der Waals surface area contributed by atoms with Crippen LogP contribution in [0.5, 0.6) is 0 Å². The standard InChI is InChI=1S/C11H14N2/c1-2-5-10-9(4-1)8-12-11(13-10)6-3-7-11/h1-2,4-5,12-13H,3,6-8H2. The summed E-state index contributed by atoms with van der Waals surface area (Å²) in [6.45, 7) is 1.02. The van der Waals surface area contributed by atoms with E-state index in [2.05, 4.69) is 34.9 Å². The van der Waals surface area contributed by atoms with Gasteiger partial charge in [-0.2, -0.15) is 0 Å². The maximum atomic E-state index is 3.60. The second kappa shape index (κ2) is 2.48. The number of fused-ring (bicyclic) bond motifs is 1. The average molecular weight is 174 g/mol. The summed E-state index contributed by atoms with van der Waals surface area (Å²) in [4.78, 5) is 0. The molecule has 1 aliphatic heterocycles. The lowest BCUT2D eigenvalue weighted by atomic mass is 9.83. The van der Waals surface area contributed by atoms with Gasteiger partial charge in [-0.15, -0.1) is 0 Å². The third kappa shape index (κ3) is 1.05. The minimum atomic E-state index is 0.244.